The van der Waals surface area contributed by atoms with Crippen molar-refractivity contribution in [2.75, 3.05) is 12.3 Å². The molecule has 1 aliphatic carbocycles. The fourth-order valence-electron chi connectivity index (χ4n) is 5.72. The predicted octanol–water partition coefficient (Wildman–Crippen LogP) is 2.95. The van der Waals surface area contributed by atoms with Gasteiger partial charge in [-0.05, 0) is 71.3 Å². The summed E-state index contributed by atoms with van der Waals surface area (Å²) in [4.78, 5) is 54.9. The van der Waals surface area contributed by atoms with Gasteiger partial charge in [0.2, 0.25) is 21.8 Å². The van der Waals surface area contributed by atoms with Gasteiger partial charge in [-0.3, -0.25) is 19.1 Å². The molecular weight excluding hydrogens is 572 g/mol. The van der Waals surface area contributed by atoms with Gasteiger partial charge in [0.25, 0.3) is 5.91 Å². The SMILES string of the molecule is CC(C)(C)OC(=O)N[C@H]1CCCCCC=C[C@@H]2C[C@@]2(C(=O)NS(=O)(=O)CCc2ccccc2)NC(=O)[C@@H]2CCCN2C1=O. The van der Waals surface area contributed by atoms with E-state index in [-0.39, 0.29) is 30.4 Å². The summed E-state index contributed by atoms with van der Waals surface area (Å²) in [6.45, 7) is 5.56. The summed E-state index contributed by atoms with van der Waals surface area (Å²) in [5.41, 5.74) is -1.32. The van der Waals surface area contributed by atoms with Crippen molar-refractivity contribution in [1.29, 1.82) is 0 Å². The lowest BCUT2D eigenvalue weighted by Gasteiger charge is -2.30. The molecule has 2 heterocycles. The smallest absolute Gasteiger partial charge is 0.408 e. The molecule has 1 aromatic rings. The summed E-state index contributed by atoms with van der Waals surface area (Å²) < 4.78 is 33.3. The number of aryl methyl sites for hydroxylation is 1. The van der Waals surface area contributed by atoms with Crippen LogP contribution in [0.25, 0.3) is 0 Å². The predicted molar refractivity (Wildman–Crippen MR) is 161 cm³/mol. The van der Waals surface area contributed by atoms with Crippen LogP contribution < -0.4 is 15.4 Å². The Morgan fingerprint density at radius 3 is 2.53 bits per heavy atom. The molecule has 4 amide bonds. The summed E-state index contributed by atoms with van der Waals surface area (Å²) in [5.74, 6) is -2.29. The summed E-state index contributed by atoms with van der Waals surface area (Å²) in [6.07, 6.45) is 8.10. The minimum absolute atomic E-state index is 0.240. The van der Waals surface area contributed by atoms with Gasteiger partial charge >= 0.3 is 6.09 Å². The van der Waals surface area contributed by atoms with Crippen LogP contribution in [-0.2, 0) is 35.6 Å². The highest BCUT2D eigenvalue weighted by atomic mass is 32.2. The third-order valence-corrected chi connectivity index (χ3v) is 9.31. The number of hydrogen-bond donors (Lipinski definition) is 3. The summed E-state index contributed by atoms with van der Waals surface area (Å²) >= 11 is 0. The zero-order valence-electron chi connectivity index (χ0n) is 25.3. The van der Waals surface area contributed by atoms with Crippen LogP contribution in [-0.4, -0.2) is 72.7 Å². The maximum Gasteiger partial charge on any atom is 0.408 e. The van der Waals surface area contributed by atoms with E-state index in [0.717, 1.165) is 24.8 Å². The number of alkyl carbamates (subject to hydrolysis) is 1. The second-order valence-corrected chi connectivity index (χ2v) is 14.6. The maximum atomic E-state index is 13.7. The molecule has 1 saturated carbocycles. The first-order chi connectivity index (χ1) is 20.3. The first kappa shape index (κ1) is 32.5. The number of nitrogens with one attached hydrogen (secondary N) is 3. The van der Waals surface area contributed by atoms with Crippen molar-refractivity contribution in [2.24, 2.45) is 5.92 Å². The fraction of sp³-hybridized carbons (Fsp3) is 0.613. The summed E-state index contributed by atoms with van der Waals surface area (Å²) in [6, 6.07) is 7.42. The van der Waals surface area contributed by atoms with Crippen LogP contribution in [0.15, 0.2) is 42.5 Å². The van der Waals surface area contributed by atoms with Crippen LogP contribution in [0.2, 0.25) is 0 Å². The van der Waals surface area contributed by atoms with Gasteiger partial charge in [0, 0.05) is 12.5 Å². The monoisotopic (exact) mass is 616 g/mol. The molecule has 3 N–H and O–H groups in total. The van der Waals surface area contributed by atoms with Crippen molar-refractivity contribution < 1.29 is 32.3 Å². The molecule has 3 aliphatic rings. The van der Waals surface area contributed by atoms with Crippen molar-refractivity contribution >= 4 is 33.8 Å². The van der Waals surface area contributed by atoms with Gasteiger partial charge in [-0.1, -0.05) is 55.3 Å². The minimum atomic E-state index is -3.97. The van der Waals surface area contributed by atoms with E-state index >= 15 is 0 Å². The number of ether oxygens (including phenoxy) is 1. The second kappa shape index (κ2) is 13.5. The van der Waals surface area contributed by atoms with E-state index in [9.17, 15) is 27.6 Å². The average molecular weight is 617 g/mol. The number of rotatable bonds is 6. The summed E-state index contributed by atoms with van der Waals surface area (Å²) in [7, 11) is -3.97. The molecule has 2 fully saturated rings. The fourth-order valence-corrected chi connectivity index (χ4v) is 6.79. The molecule has 0 bridgehead atoms. The lowest BCUT2D eigenvalue weighted by molar-refractivity contribution is -0.141. The lowest BCUT2D eigenvalue weighted by atomic mass is 10.0. The molecule has 43 heavy (non-hydrogen) atoms. The molecule has 2 aliphatic heterocycles. The van der Waals surface area contributed by atoms with Crippen molar-refractivity contribution in [3.63, 3.8) is 0 Å². The number of carbonyl (C=O) groups excluding carboxylic acids is 4. The highest BCUT2D eigenvalue weighted by Gasteiger charge is 2.61. The van der Waals surface area contributed by atoms with Gasteiger partial charge in [-0.15, -0.1) is 0 Å². The topological polar surface area (TPSA) is 151 Å². The highest BCUT2D eigenvalue weighted by molar-refractivity contribution is 7.90. The number of carbonyl (C=O) groups is 4. The van der Waals surface area contributed by atoms with Crippen molar-refractivity contribution in [1.82, 2.24) is 20.3 Å². The minimum Gasteiger partial charge on any atom is -0.444 e. The highest BCUT2D eigenvalue weighted by Crippen LogP contribution is 2.45. The Hall–Kier alpha value is -3.41. The van der Waals surface area contributed by atoms with Crippen LogP contribution in [0.3, 0.4) is 0 Å². The Labute approximate surface area is 254 Å². The molecule has 11 nitrogen and oxygen atoms in total. The molecule has 4 atom stereocenters. The Balaban J connectivity index is 1.50. The second-order valence-electron chi connectivity index (χ2n) is 12.7. The molecule has 0 unspecified atom stereocenters. The van der Waals surface area contributed by atoms with Gasteiger partial charge < -0.3 is 20.3 Å². The van der Waals surface area contributed by atoms with Crippen molar-refractivity contribution in [2.45, 2.75) is 102 Å². The van der Waals surface area contributed by atoms with E-state index in [1.165, 1.54) is 4.90 Å². The number of nitrogens with zero attached hydrogens (tertiary/aromatic N) is 1. The third-order valence-electron chi connectivity index (χ3n) is 8.08. The number of hydrogen-bond acceptors (Lipinski definition) is 7. The Bertz CT molecular complexity index is 1330. The molecule has 4 rings (SSSR count). The van der Waals surface area contributed by atoms with Crippen LogP contribution in [0.1, 0.15) is 77.7 Å². The number of sulfonamides is 1. The van der Waals surface area contributed by atoms with Crippen LogP contribution in [0, 0.1) is 5.92 Å². The molecule has 0 spiro atoms. The van der Waals surface area contributed by atoms with Gasteiger partial charge in [-0.2, -0.15) is 0 Å². The Morgan fingerprint density at radius 2 is 1.81 bits per heavy atom. The van der Waals surface area contributed by atoms with Crippen molar-refractivity contribution in [3.8, 4) is 0 Å². The Morgan fingerprint density at radius 1 is 1.07 bits per heavy atom. The molecule has 0 radical (unpaired) electrons. The zero-order chi connectivity index (χ0) is 31.3. The standard InChI is InChI=1S/C31H44N4O7S/c1-30(2,3)42-29(39)32-24-16-11-6-4-5-10-15-23-21-31(23,33-26(36)25-17-12-19-35(25)27(24)37)28(38)34-43(40,41)20-18-22-13-8-7-9-14-22/h7-10,13-15,23-25H,4-6,11-12,16-21H2,1-3H3,(H,32,39)(H,33,36)(H,34,38)/t23-,24+,25+,31-/m1/s1. The third kappa shape index (κ3) is 8.81. The van der Waals surface area contributed by atoms with Gasteiger partial charge in [0.1, 0.15) is 23.2 Å². The van der Waals surface area contributed by atoms with E-state index in [1.807, 2.05) is 42.5 Å². The quantitative estimate of drug-likeness (QED) is 0.416. The first-order valence-electron chi connectivity index (χ1n) is 15.2. The number of allylic oxidation sites excluding steroid dienone is 1. The normalized spacial score (nSPS) is 26.7. The molecule has 0 aromatic heterocycles. The van der Waals surface area contributed by atoms with Crippen LogP contribution in [0.5, 0.6) is 0 Å². The Kier molecular flexibility index (Phi) is 10.2. The van der Waals surface area contributed by atoms with Crippen molar-refractivity contribution in [3.05, 3.63) is 48.0 Å². The molecule has 1 saturated heterocycles. The van der Waals surface area contributed by atoms with E-state index in [1.54, 1.807) is 20.8 Å². The van der Waals surface area contributed by atoms with E-state index in [0.29, 0.717) is 32.2 Å². The zero-order valence-corrected chi connectivity index (χ0v) is 26.1. The van der Waals surface area contributed by atoms with E-state index in [2.05, 4.69) is 15.4 Å². The summed E-state index contributed by atoms with van der Waals surface area (Å²) in [5, 5.41) is 5.55. The van der Waals surface area contributed by atoms with Crippen LogP contribution >= 0.6 is 0 Å². The van der Waals surface area contributed by atoms with E-state index in [4.69, 9.17) is 4.74 Å². The molecule has 12 heteroatoms. The first-order valence-corrected chi connectivity index (χ1v) is 16.8. The maximum absolute atomic E-state index is 13.7. The largest absolute Gasteiger partial charge is 0.444 e. The van der Waals surface area contributed by atoms with Gasteiger partial charge in [0.05, 0.1) is 5.75 Å². The number of amides is 4. The molecular formula is C31H44N4O7S. The van der Waals surface area contributed by atoms with E-state index < -0.39 is 51.2 Å². The number of fused-ring (bicyclic) bond motifs is 2. The van der Waals surface area contributed by atoms with Crippen LogP contribution in [0.4, 0.5) is 4.79 Å². The number of benzene rings is 1. The molecule has 236 valence electrons. The van der Waals surface area contributed by atoms with Gasteiger partial charge in [-0.25, -0.2) is 13.2 Å². The lowest BCUT2D eigenvalue weighted by Crippen LogP contribution is -2.58. The molecule has 1 aromatic carbocycles. The average Bonchev–Trinajstić information content (AvgIpc) is 3.39. The van der Waals surface area contributed by atoms with Gasteiger partial charge in [0.15, 0.2) is 0 Å².